The van der Waals surface area contributed by atoms with Gasteiger partial charge >= 0.3 is 0 Å². The highest BCUT2D eigenvalue weighted by Gasteiger charge is 2.53. The van der Waals surface area contributed by atoms with E-state index in [4.69, 9.17) is 0 Å². The average molecular weight is 152 g/mol. The first kappa shape index (κ1) is 6.47. The van der Waals surface area contributed by atoms with E-state index in [0.29, 0.717) is 5.92 Å². The summed E-state index contributed by atoms with van der Waals surface area (Å²) in [4.78, 5) is 0. The Kier molecular flexibility index (Phi) is 1.18. The molecule has 3 unspecified atom stereocenters. The number of rotatable bonds is 0. The van der Waals surface area contributed by atoms with Crippen LogP contribution in [0.25, 0.3) is 0 Å². The van der Waals surface area contributed by atoms with E-state index in [9.17, 15) is 5.11 Å². The highest BCUT2D eigenvalue weighted by Crippen LogP contribution is 2.57. The molecule has 3 rings (SSSR count). The van der Waals surface area contributed by atoms with E-state index >= 15 is 0 Å². The lowest BCUT2D eigenvalue weighted by molar-refractivity contribution is 0.0865. The molecule has 0 spiro atoms. The van der Waals surface area contributed by atoms with Crippen molar-refractivity contribution < 1.29 is 5.11 Å². The third-order valence-electron chi connectivity index (χ3n) is 4.33. The van der Waals surface area contributed by atoms with Crippen LogP contribution in [0.3, 0.4) is 0 Å². The maximum Gasteiger partial charge on any atom is 0.0602 e. The first-order valence-electron chi connectivity index (χ1n) is 5.04. The molecule has 3 saturated carbocycles. The third kappa shape index (κ3) is 0.703. The number of fused-ring (bicyclic) bond motifs is 1. The van der Waals surface area contributed by atoms with Gasteiger partial charge in [-0.2, -0.15) is 0 Å². The second kappa shape index (κ2) is 2.01. The van der Waals surface area contributed by atoms with Crippen molar-refractivity contribution in [3.05, 3.63) is 0 Å². The second-order valence-electron chi connectivity index (χ2n) is 4.75. The lowest BCUT2D eigenvalue weighted by Crippen LogP contribution is -2.27. The molecule has 0 saturated heterocycles. The van der Waals surface area contributed by atoms with Gasteiger partial charge in [-0.25, -0.2) is 0 Å². The highest BCUT2D eigenvalue weighted by molar-refractivity contribution is 5.03. The number of aliphatic hydroxyl groups is 1. The Hall–Kier alpha value is -0.0400. The zero-order valence-electron chi connectivity index (χ0n) is 6.87. The molecule has 3 atom stereocenters. The van der Waals surface area contributed by atoms with E-state index < -0.39 is 0 Å². The summed E-state index contributed by atoms with van der Waals surface area (Å²) in [5.41, 5.74) is 0. The number of aliphatic hydroxyl groups excluding tert-OH is 1. The van der Waals surface area contributed by atoms with Gasteiger partial charge in [-0.3, -0.25) is 0 Å². The molecule has 1 heteroatoms. The van der Waals surface area contributed by atoms with Crippen molar-refractivity contribution in [1.29, 1.82) is 0 Å². The van der Waals surface area contributed by atoms with Gasteiger partial charge in [0.05, 0.1) is 6.10 Å². The van der Waals surface area contributed by atoms with Gasteiger partial charge in [0.25, 0.3) is 0 Å². The maximum atomic E-state index is 9.83. The molecule has 0 aliphatic heterocycles. The molecule has 0 aromatic rings. The van der Waals surface area contributed by atoms with Crippen LogP contribution in [0.5, 0.6) is 0 Å². The van der Waals surface area contributed by atoms with Crippen molar-refractivity contribution in [2.75, 3.05) is 0 Å². The molecule has 0 aromatic carbocycles. The first-order valence-corrected chi connectivity index (χ1v) is 5.04. The predicted molar refractivity (Wildman–Crippen MR) is 43.1 cm³/mol. The van der Waals surface area contributed by atoms with E-state index in [2.05, 4.69) is 0 Å². The summed E-state index contributed by atoms with van der Waals surface area (Å²) >= 11 is 0. The smallest absolute Gasteiger partial charge is 0.0602 e. The molecular weight excluding hydrogens is 136 g/mol. The predicted octanol–water partition coefficient (Wildman–Crippen LogP) is 1.80. The van der Waals surface area contributed by atoms with Gasteiger partial charge in [-0.15, -0.1) is 0 Å². The van der Waals surface area contributed by atoms with E-state index in [0.717, 1.165) is 17.8 Å². The monoisotopic (exact) mass is 152 g/mol. The van der Waals surface area contributed by atoms with Crippen molar-refractivity contribution in [2.45, 2.75) is 38.2 Å². The Morgan fingerprint density at radius 1 is 0.909 bits per heavy atom. The van der Waals surface area contributed by atoms with Crippen molar-refractivity contribution in [1.82, 2.24) is 0 Å². The van der Waals surface area contributed by atoms with Gasteiger partial charge < -0.3 is 5.11 Å². The van der Waals surface area contributed by atoms with Crippen LogP contribution in [0.2, 0.25) is 0 Å². The standard InChI is InChI=1S/C10H16O/c11-10-8-4-6-2-1-3-7(5-8)9(6)10/h6-11H,1-5H2. The Morgan fingerprint density at radius 3 is 2.00 bits per heavy atom. The maximum absolute atomic E-state index is 9.83. The van der Waals surface area contributed by atoms with Gasteiger partial charge in [0.2, 0.25) is 0 Å². The lowest BCUT2D eigenvalue weighted by atomic mass is 9.71. The normalized spacial score (nSPS) is 60.3. The van der Waals surface area contributed by atoms with Crippen molar-refractivity contribution >= 4 is 0 Å². The summed E-state index contributed by atoms with van der Waals surface area (Å²) in [6.45, 7) is 0. The summed E-state index contributed by atoms with van der Waals surface area (Å²) in [5.74, 6) is 3.27. The Labute approximate surface area is 67.8 Å². The first-order chi connectivity index (χ1) is 5.36. The number of hydrogen-bond acceptors (Lipinski definition) is 1. The van der Waals surface area contributed by atoms with Gasteiger partial charge in [0, 0.05) is 0 Å². The van der Waals surface area contributed by atoms with Crippen molar-refractivity contribution in [2.24, 2.45) is 23.7 Å². The Bertz CT molecular complexity index is 164. The number of hydrogen-bond donors (Lipinski definition) is 1. The second-order valence-corrected chi connectivity index (χ2v) is 4.75. The molecule has 0 radical (unpaired) electrons. The lowest BCUT2D eigenvalue weighted by Gasteiger charge is -2.34. The molecule has 0 amide bonds. The molecule has 2 bridgehead atoms. The molecule has 0 heterocycles. The van der Waals surface area contributed by atoms with Crippen molar-refractivity contribution in [3.63, 3.8) is 0 Å². The summed E-state index contributed by atoms with van der Waals surface area (Å²) in [6, 6.07) is 0. The zero-order chi connectivity index (χ0) is 7.42. The molecule has 3 aliphatic carbocycles. The average Bonchev–Trinajstić information content (AvgIpc) is 2.43. The van der Waals surface area contributed by atoms with Crippen LogP contribution in [0, 0.1) is 23.7 Å². The van der Waals surface area contributed by atoms with Crippen LogP contribution >= 0.6 is 0 Å². The minimum Gasteiger partial charge on any atom is -0.393 e. The molecule has 11 heavy (non-hydrogen) atoms. The van der Waals surface area contributed by atoms with Crippen LogP contribution in [0.4, 0.5) is 0 Å². The fourth-order valence-corrected chi connectivity index (χ4v) is 3.99. The van der Waals surface area contributed by atoms with Gasteiger partial charge in [0.1, 0.15) is 0 Å². The largest absolute Gasteiger partial charge is 0.393 e. The zero-order valence-corrected chi connectivity index (χ0v) is 6.87. The van der Waals surface area contributed by atoms with Gasteiger partial charge in [-0.05, 0) is 36.5 Å². The molecule has 3 fully saturated rings. The summed E-state index contributed by atoms with van der Waals surface area (Å²) < 4.78 is 0. The van der Waals surface area contributed by atoms with E-state index in [1.165, 1.54) is 32.1 Å². The van der Waals surface area contributed by atoms with Crippen LogP contribution in [0.1, 0.15) is 32.1 Å². The SMILES string of the molecule is OC1C2CC3CCCC(C2)C31. The Morgan fingerprint density at radius 2 is 1.55 bits per heavy atom. The van der Waals surface area contributed by atoms with E-state index in [-0.39, 0.29) is 6.10 Å². The summed E-state index contributed by atoms with van der Waals surface area (Å²) in [5, 5.41) is 9.83. The van der Waals surface area contributed by atoms with Crippen LogP contribution in [-0.4, -0.2) is 11.2 Å². The molecule has 62 valence electrons. The van der Waals surface area contributed by atoms with E-state index in [1.807, 2.05) is 0 Å². The minimum absolute atomic E-state index is 0.102. The topological polar surface area (TPSA) is 20.2 Å². The third-order valence-corrected chi connectivity index (χ3v) is 4.33. The fourth-order valence-electron chi connectivity index (χ4n) is 3.99. The fraction of sp³-hybridized carbons (Fsp3) is 1.00. The van der Waals surface area contributed by atoms with Gasteiger partial charge in [0.15, 0.2) is 0 Å². The molecule has 3 aliphatic rings. The summed E-state index contributed by atoms with van der Waals surface area (Å²) in [7, 11) is 0. The van der Waals surface area contributed by atoms with Crippen LogP contribution in [0.15, 0.2) is 0 Å². The van der Waals surface area contributed by atoms with Gasteiger partial charge in [-0.1, -0.05) is 19.3 Å². The minimum atomic E-state index is 0.102. The van der Waals surface area contributed by atoms with Crippen LogP contribution in [-0.2, 0) is 0 Å². The summed E-state index contributed by atoms with van der Waals surface area (Å²) in [6.07, 6.45) is 7.06. The molecule has 1 N–H and O–H groups in total. The van der Waals surface area contributed by atoms with Crippen LogP contribution < -0.4 is 0 Å². The Balaban J connectivity index is 1.93. The molecule has 1 nitrogen and oxygen atoms in total. The quantitative estimate of drug-likeness (QED) is 0.561. The van der Waals surface area contributed by atoms with E-state index in [1.54, 1.807) is 0 Å². The van der Waals surface area contributed by atoms with Crippen molar-refractivity contribution in [3.8, 4) is 0 Å². The molecular formula is C10H16O. The molecule has 0 aromatic heterocycles. The highest BCUT2D eigenvalue weighted by atomic mass is 16.3.